The van der Waals surface area contributed by atoms with Crippen molar-refractivity contribution in [3.8, 4) is 0 Å². The maximum Gasteiger partial charge on any atom is 0.149 e. The molecule has 0 bridgehead atoms. The minimum absolute atomic E-state index is 0. The van der Waals surface area contributed by atoms with Crippen LogP contribution in [0.2, 0.25) is 0 Å². The lowest BCUT2D eigenvalue weighted by atomic mass is 9.78. The van der Waals surface area contributed by atoms with Crippen LogP contribution in [-0.4, -0.2) is 12.3 Å². The molecule has 0 aromatic rings. The first-order valence-electron chi connectivity index (χ1n) is 5.50. The molecule has 3 heteroatoms. The number of carbonyl (C=O) groups excluding carboxylic acids is 1. The van der Waals surface area contributed by atoms with E-state index in [1.54, 1.807) is 0 Å². The Balaban J connectivity index is 0.00000169. The van der Waals surface area contributed by atoms with Gasteiger partial charge in [-0.25, -0.2) is 0 Å². The number of carbonyl (C=O) groups is 1. The van der Waals surface area contributed by atoms with E-state index in [2.05, 4.69) is 6.92 Å². The standard InChI is InChI=1S/C11H21NO.ClH/c1-2-3-9-4-6-10(7-5-9)11(13)8-12;/h9-10H,2-8,12H2,1H3;1H/t9-,10-;. The summed E-state index contributed by atoms with van der Waals surface area (Å²) in [4.78, 5) is 11.3. The molecule has 1 fully saturated rings. The van der Waals surface area contributed by atoms with E-state index in [1.165, 1.54) is 25.7 Å². The van der Waals surface area contributed by atoms with Gasteiger partial charge in [0.1, 0.15) is 5.78 Å². The van der Waals surface area contributed by atoms with Gasteiger partial charge in [0, 0.05) is 5.92 Å². The number of hydrogen-bond acceptors (Lipinski definition) is 2. The van der Waals surface area contributed by atoms with Crippen LogP contribution in [-0.2, 0) is 4.79 Å². The first-order valence-corrected chi connectivity index (χ1v) is 5.50. The molecule has 0 radical (unpaired) electrons. The predicted octanol–water partition coefficient (Wildman–Crippen LogP) is 2.54. The molecule has 0 heterocycles. The Morgan fingerprint density at radius 3 is 2.29 bits per heavy atom. The smallest absolute Gasteiger partial charge is 0.149 e. The van der Waals surface area contributed by atoms with Crippen LogP contribution >= 0.6 is 12.4 Å². The molecular formula is C11H22ClNO. The van der Waals surface area contributed by atoms with E-state index < -0.39 is 0 Å². The number of hydrogen-bond donors (Lipinski definition) is 1. The molecule has 0 unspecified atom stereocenters. The SMILES string of the molecule is CCC[C@H]1CC[C@H](C(=O)CN)CC1.Cl. The van der Waals surface area contributed by atoms with E-state index in [-0.39, 0.29) is 30.7 Å². The van der Waals surface area contributed by atoms with Crippen molar-refractivity contribution in [3.63, 3.8) is 0 Å². The zero-order valence-electron chi connectivity index (χ0n) is 9.00. The van der Waals surface area contributed by atoms with E-state index >= 15 is 0 Å². The van der Waals surface area contributed by atoms with Crippen molar-refractivity contribution < 1.29 is 4.79 Å². The number of Topliss-reactive ketones (excluding diaryl/α,β-unsaturated/α-hetero) is 1. The van der Waals surface area contributed by atoms with Gasteiger partial charge in [-0.3, -0.25) is 4.79 Å². The number of rotatable bonds is 4. The van der Waals surface area contributed by atoms with Crippen molar-refractivity contribution in [2.75, 3.05) is 6.54 Å². The summed E-state index contributed by atoms with van der Waals surface area (Å²) in [7, 11) is 0. The highest BCUT2D eigenvalue weighted by molar-refractivity contribution is 5.85. The molecule has 1 aliphatic rings. The summed E-state index contributed by atoms with van der Waals surface area (Å²) < 4.78 is 0. The van der Waals surface area contributed by atoms with Crippen LogP contribution in [0, 0.1) is 11.8 Å². The van der Waals surface area contributed by atoms with Crippen LogP contribution in [0.5, 0.6) is 0 Å². The summed E-state index contributed by atoms with van der Waals surface area (Å²) in [5.41, 5.74) is 5.35. The minimum atomic E-state index is 0. The fraction of sp³-hybridized carbons (Fsp3) is 0.909. The van der Waals surface area contributed by atoms with Gasteiger partial charge in [0.2, 0.25) is 0 Å². The third-order valence-electron chi connectivity index (χ3n) is 3.20. The van der Waals surface area contributed by atoms with Crippen LogP contribution in [0.4, 0.5) is 0 Å². The zero-order valence-corrected chi connectivity index (χ0v) is 9.81. The monoisotopic (exact) mass is 219 g/mol. The Kier molecular flexibility index (Phi) is 7.20. The largest absolute Gasteiger partial charge is 0.324 e. The van der Waals surface area contributed by atoms with Gasteiger partial charge in [-0.2, -0.15) is 0 Å². The molecule has 84 valence electrons. The maximum absolute atomic E-state index is 11.3. The molecule has 2 nitrogen and oxygen atoms in total. The lowest BCUT2D eigenvalue weighted by Gasteiger charge is -2.27. The molecule has 0 saturated heterocycles. The molecular weight excluding hydrogens is 198 g/mol. The van der Waals surface area contributed by atoms with E-state index in [1.807, 2.05) is 0 Å². The molecule has 0 aromatic heterocycles. The average molecular weight is 220 g/mol. The minimum Gasteiger partial charge on any atom is -0.324 e. The highest BCUT2D eigenvalue weighted by Crippen LogP contribution is 2.31. The number of halogens is 1. The molecule has 14 heavy (non-hydrogen) atoms. The Hall–Kier alpha value is -0.0800. The van der Waals surface area contributed by atoms with Crippen molar-refractivity contribution in [1.29, 1.82) is 0 Å². The van der Waals surface area contributed by atoms with Gasteiger partial charge in [0.25, 0.3) is 0 Å². The second-order valence-electron chi connectivity index (χ2n) is 4.18. The molecule has 0 atom stereocenters. The van der Waals surface area contributed by atoms with Gasteiger partial charge in [0.05, 0.1) is 6.54 Å². The average Bonchev–Trinajstić information content (AvgIpc) is 2.18. The molecule has 0 spiro atoms. The van der Waals surface area contributed by atoms with Crippen LogP contribution < -0.4 is 5.73 Å². The molecule has 0 aromatic carbocycles. The third-order valence-corrected chi connectivity index (χ3v) is 3.20. The predicted molar refractivity (Wildman–Crippen MR) is 61.7 cm³/mol. The molecule has 1 aliphatic carbocycles. The van der Waals surface area contributed by atoms with Crippen molar-refractivity contribution in [2.24, 2.45) is 17.6 Å². The summed E-state index contributed by atoms with van der Waals surface area (Å²) in [5, 5.41) is 0. The normalized spacial score (nSPS) is 26.7. The highest BCUT2D eigenvalue weighted by atomic mass is 35.5. The first-order chi connectivity index (χ1) is 6.27. The summed E-state index contributed by atoms with van der Waals surface area (Å²) in [5.74, 6) is 1.44. The summed E-state index contributed by atoms with van der Waals surface area (Å²) in [6.45, 7) is 2.47. The van der Waals surface area contributed by atoms with Gasteiger partial charge >= 0.3 is 0 Å². The van der Waals surface area contributed by atoms with E-state index in [9.17, 15) is 4.79 Å². The third kappa shape index (κ3) is 3.97. The van der Waals surface area contributed by atoms with Gasteiger partial charge < -0.3 is 5.73 Å². The molecule has 0 aliphatic heterocycles. The fourth-order valence-electron chi connectivity index (χ4n) is 2.35. The van der Waals surface area contributed by atoms with Gasteiger partial charge in [-0.1, -0.05) is 19.8 Å². The van der Waals surface area contributed by atoms with Gasteiger partial charge in [-0.05, 0) is 31.6 Å². The Bertz CT molecular complexity index is 165. The lowest BCUT2D eigenvalue weighted by molar-refractivity contribution is -0.122. The highest BCUT2D eigenvalue weighted by Gasteiger charge is 2.24. The Morgan fingerprint density at radius 1 is 1.29 bits per heavy atom. The van der Waals surface area contributed by atoms with Crippen LogP contribution in [0.25, 0.3) is 0 Å². The maximum atomic E-state index is 11.3. The van der Waals surface area contributed by atoms with Gasteiger partial charge in [0.15, 0.2) is 0 Å². The van der Waals surface area contributed by atoms with Crippen molar-refractivity contribution >= 4 is 18.2 Å². The summed E-state index contributed by atoms with van der Waals surface area (Å²) in [6, 6.07) is 0. The molecule has 1 saturated carbocycles. The summed E-state index contributed by atoms with van der Waals surface area (Å²) >= 11 is 0. The van der Waals surface area contributed by atoms with E-state index in [4.69, 9.17) is 5.73 Å². The van der Waals surface area contributed by atoms with Crippen molar-refractivity contribution in [3.05, 3.63) is 0 Å². The zero-order chi connectivity index (χ0) is 9.68. The van der Waals surface area contributed by atoms with Gasteiger partial charge in [-0.15, -0.1) is 12.4 Å². The second-order valence-corrected chi connectivity index (χ2v) is 4.18. The molecule has 2 N–H and O–H groups in total. The fourth-order valence-corrected chi connectivity index (χ4v) is 2.35. The Labute approximate surface area is 93.0 Å². The lowest BCUT2D eigenvalue weighted by Crippen LogP contribution is -2.27. The van der Waals surface area contributed by atoms with Crippen LogP contribution in [0.15, 0.2) is 0 Å². The Morgan fingerprint density at radius 2 is 1.86 bits per heavy atom. The van der Waals surface area contributed by atoms with E-state index in [0.717, 1.165) is 18.8 Å². The van der Waals surface area contributed by atoms with E-state index in [0.29, 0.717) is 0 Å². The van der Waals surface area contributed by atoms with Crippen molar-refractivity contribution in [2.45, 2.75) is 45.4 Å². The number of nitrogens with two attached hydrogens (primary N) is 1. The second kappa shape index (κ2) is 7.24. The summed E-state index contributed by atoms with van der Waals surface area (Å²) in [6.07, 6.45) is 7.26. The topological polar surface area (TPSA) is 43.1 Å². The van der Waals surface area contributed by atoms with Crippen LogP contribution in [0.3, 0.4) is 0 Å². The quantitative estimate of drug-likeness (QED) is 0.790. The molecule has 0 amide bonds. The number of ketones is 1. The first kappa shape index (κ1) is 13.9. The molecule has 1 rings (SSSR count). The van der Waals surface area contributed by atoms with Crippen molar-refractivity contribution in [1.82, 2.24) is 0 Å². The van der Waals surface area contributed by atoms with Crippen LogP contribution in [0.1, 0.15) is 45.4 Å².